The Bertz CT molecular complexity index is 852. The fourth-order valence-electron chi connectivity index (χ4n) is 4.59. The predicted octanol–water partition coefficient (Wildman–Crippen LogP) is 2.22. The number of hydrogen-bond donors (Lipinski definition) is 2. The number of nitrogens with one attached hydrogen (secondary N) is 1. The van der Waals surface area contributed by atoms with E-state index in [2.05, 4.69) is 14.9 Å². The van der Waals surface area contributed by atoms with Gasteiger partial charge in [-0.05, 0) is 37.5 Å². The first-order chi connectivity index (χ1) is 14.0. The van der Waals surface area contributed by atoms with Crippen molar-refractivity contribution in [2.75, 3.05) is 33.4 Å². The Balaban J connectivity index is 1.27. The Hall–Kier alpha value is -1.67. The zero-order valence-electron chi connectivity index (χ0n) is 16.8. The van der Waals surface area contributed by atoms with E-state index in [1.54, 1.807) is 4.90 Å². The number of carbonyl (C=O) groups excluding carboxylic acids is 1. The lowest BCUT2D eigenvalue weighted by Crippen LogP contribution is -2.51. The minimum atomic E-state index is -0.498. The number of H-pyrrole nitrogens is 1. The van der Waals surface area contributed by atoms with Crippen LogP contribution in [0.25, 0.3) is 11.0 Å². The maximum atomic E-state index is 12.7. The summed E-state index contributed by atoms with van der Waals surface area (Å²) in [5, 5.41) is 11.5. The summed E-state index contributed by atoms with van der Waals surface area (Å²) in [7, 11) is 1.82. The van der Waals surface area contributed by atoms with Crippen LogP contribution in [0.15, 0.2) is 18.2 Å². The van der Waals surface area contributed by atoms with Crippen LogP contribution in [0.5, 0.6) is 0 Å². The van der Waals surface area contributed by atoms with E-state index >= 15 is 0 Å². The van der Waals surface area contributed by atoms with Gasteiger partial charge in [0.05, 0.1) is 36.4 Å². The first-order valence-electron chi connectivity index (χ1n) is 10.4. The molecule has 2 N–H and O–H groups in total. The highest BCUT2D eigenvalue weighted by atomic mass is 35.5. The number of aromatic amines is 1. The minimum Gasteiger partial charge on any atom is -0.389 e. The number of aliphatic hydroxyl groups excluding tert-OH is 1. The van der Waals surface area contributed by atoms with E-state index in [1.807, 2.05) is 25.2 Å². The summed E-state index contributed by atoms with van der Waals surface area (Å²) in [6.45, 7) is 3.15. The quantitative estimate of drug-likeness (QED) is 0.748. The summed E-state index contributed by atoms with van der Waals surface area (Å²) in [6.07, 6.45) is 3.13. The molecule has 2 heterocycles. The Kier molecular flexibility index (Phi) is 6.39. The maximum absolute atomic E-state index is 12.7. The average Bonchev–Trinajstić information content (AvgIpc) is 3.30. The summed E-state index contributed by atoms with van der Waals surface area (Å²) in [5.74, 6) is 0.946. The zero-order valence-corrected chi connectivity index (χ0v) is 17.6. The minimum absolute atomic E-state index is 0.0795. The molecule has 1 aromatic carbocycles. The molecule has 1 amide bonds. The molecule has 0 bridgehead atoms. The molecule has 7 nitrogen and oxygen atoms in total. The largest absolute Gasteiger partial charge is 0.389 e. The van der Waals surface area contributed by atoms with Gasteiger partial charge >= 0.3 is 0 Å². The number of halogens is 1. The molecule has 3 atom stereocenters. The Morgan fingerprint density at radius 3 is 2.97 bits per heavy atom. The third-order valence-corrected chi connectivity index (χ3v) is 6.48. The van der Waals surface area contributed by atoms with Crippen LogP contribution in [0.3, 0.4) is 0 Å². The number of likely N-dealkylation sites (N-methyl/N-ethyl adjacent to an activating group) is 1. The number of nitrogens with zero attached hydrogens (tertiary/aromatic N) is 3. The van der Waals surface area contributed by atoms with Crippen molar-refractivity contribution in [1.82, 2.24) is 19.8 Å². The van der Waals surface area contributed by atoms with Gasteiger partial charge in [-0.15, -0.1) is 0 Å². The summed E-state index contributed by atoms with van der Waals surface area (Å²) >= 11 is 6.01. The van der Waals surface area contributed by atoms with Crippen LogP contribution in [0.4, 0.5) is 0 Å². The number of hydrogen-bond acceptors (Lipinski definition) is 5. The number of aromatic nitrogens is 2. The standard InChI is InChI=1S/C21H29ClN4O3/c1-25(17-7-8-18(21(17)28)26-9-11-29-12-10-26)20(27)4-2-3-19-23-15-6-5-14(22)13-16(15)24-19/h5-6,13,17-18,21,28H,2-4,7-12H2,1H3,(H,23,24)/t17-,18-,21-/m1/s1. The molecule has 2 aromatic rings. The summed E-state index contributed by atoms with van der Waals surface area (Å²) in [4.78, 5) is 24.6. The first kappa shape index (κ1) is 20.6. The number of amides is 1. The first-order valence-corrected chi connectivity index (χ1v) is 10.8. The molecular weight excluding hydrogens is 392 g/mol. The monoisotopic (exact) mass is 420 g/mol. The van der Waals surface area contributed by atoms with Crippen molar-refractivity contribution in [1.29, 1.82) is 0 Å². The number of morpholine rings is 1. The highest BCUT2D eigenvalue weighted by Crippen LogP contribution is 2.29. The van der Waals surface area contributed by atoms with Gasteiger partial charge in [-0.25, -0.2) is 4.98 Å². The number of aryl methyl sites for hydroxylation is 1. The second kappa shape index (κ2) is 9.00. The molecule has 1 aromatic heterocycles. The summed E-state index contributed by atoms with van der Waals surface area (Å²) < 4.78 is 5.41. The molecule has 1 aliphatic heterocycles. The number of benzene rings is 1. The van der Waals surface area contributed by atoms with E-state index in [9.17, 15) is 9.90 Å². The van der Waals surface area contributed by atoms with Gasteiger partial charge in [-0.1, -0.05) is 11.6 Å². The van der Waals surface area contributed by atoms with Gasteiger partial charge in [-0.2, -0.15) is 0 Å². The molecule has 2 fully saturated rings. The molecule has 0 radical (unpaired) electrons. The molecule has 158 valence electrons. The molecule has 2 aliphatic rings. The number of fused-ring (bicyclic) bond motifs is 1. The zero-order chi connectivity index (χ0) is 20.4. The second-order valence-electron chi connectivity index (χ2n) is 8.05. The average molecular weight is 421 g/mol. The lowest BCUT2D eigenvalue weighted by Gasteiger charge is -2.36. The van der Waals surface area contributed by atoms with Crippen molar-refractivity contribution in [3.8, 4) is 0 Å². The van der Waals surface area contributed by atoms with E-state index in [0.717, 1.165) is 56.0 Å². The molecule has 1 saturated carbocycles. The number of aliphatic hydroxyl groups is 1. The fourth-order valence-corrected chi connectivity index (χ4v) is 4.76. The molecule has 8 heteroatoms. The number of imidazole rings is 1. The van der Waals surface area contributed by atoms with Gasteiger partial charge < -0.3 is 19.7 Å². The van der Waals surface area contributed by atoms with E-state index in [0.29, 0.717) is 24.3 Å². The van der Waals surface area contributed by atoms with Crippen molar-refractivity contribution in [2.45, 2.75) is 50.3 Å². The highest BCUT2D eigenvalue weighted by Gasteiger charge is 2.41. The van der Waals surface area contributed by atoms with E-state index in [-0.39, 0.29) is 18.0 Å². The van der Waals surface area contributed by atoms with Gasteiger partial charge in [-0.3, -0.25) is 9.69 Å². The van der Waals surface area contributed by atoms with Gasteiger partial charge in [0.15, 0.2) is 0 Å². The Morgan fingerprint density at radius 2 is 2.17 bits per heavy atom. The Labute approximate surface area is 176 Å². The predicted molar refractivity (Wildman–Crippen MR) is 112 cm³/mol. The highest BCUT2D eigenvalue weighted by molar-refractivity contribution is 6.31. The third kappa shape index (κ3) is 4.58. The van der Waals surface area contributed by atoms with Crippen LogP contribution < -0.4 is 0 Å². The molecular formula is C21H29ClN4O3. The smallest absolute Gasteiger partial charge is 0.222 e. The lowest BCUT2D eigenvalue weighted by atomic mass is 10.1. The third-order valence-electron chi connectivity index (χ3n) is 6.25. The van der Waals surface area contributed by atoms with Crippen LogP contribution in [0.1, 0.15) is 31.5 Å². The topological polar surface area (TPSA) is 81.7 Å². The van der Waals surface area contributed by atoms with Gasteiger partial charge in [0.2, 0.25) is 5.91 Å². The van der Waals surface area contributed by atoms with Gasteiger partial charge in [0.1, 0.15) is 5.82 Å². The van der Waals surface area contributed by atoms with Crippen molar-refractivity contribution in [3.05, 3.63) is 29.0 Å². The lowest BCUT2D eigenvalue weighted by molar-refractivity contribution is -0.134. The van der Waals surface area contributed by atoms with Crippen molar-refractivity contribution >= 4 is 28.5 Å². The normalized spacial score (nSPS) is 25.6. The molecule has 0 spiro atoms. The summed E-state index contributed by atoms with van der Waals surface area (Å²) in [5.41, 5.74) is 1.80. The Morgan fingerprint density at radius 1 is 1.38 bits per heavy atom. The second-order valence-corrected chi connectivity index (χ2v) is 8.49. The van der Waals surface area contributed by atoms with E-state index in [4.69, 9.17) is 16.3 Å². The van der Waals surface area contributed by atoms with Crippen LogP contribution in [-0.2, 0) is 16.0 Å². The van der Waals surface area contributed by atoms with Crippen molar-refractivity contribution in [2.24, 2.45) is 0 Å². The molecule has 1 saturated heterocycles. The SMILES string of the molecule is CN(C(=O)CCCc1nc2ccc(Cl)cc2[nH]1)[C@@H]1CC[C@@H](N2CCOCC2)[C@@H]1O. The molecule has 0 unspecified atom stereocenters. The van der Waals surface area contributed by atoms with Gasteiger partial charge in [0.25, 0.3) is 0 Å². The molecule has 29 heavy (non-hydrogen) atoms. The number of ether oxygens (including phenoxy) is 1. The summed E-state index contributed by atoms with van der Waals surface area (Å²) in [6, 6.07) is 5.59. The van der Waals surface area contributed by atoms with Gasteiger partial charge in [0, 0.05) is 44.0 Å². The van der Waals surface area contributed by atoms with Crippen molar-refractivity contribution in [3.63, 3.8) is 0 Å². The van der Waals surface area contributed by atoms with Crippen molar-refractivity contribution < 1.29 is 14.6 Å². The van der Waals surface area contributed by atoms with Crippen LogP contribution in [-0.4, -0.2) is 82.3 Å². The molecule has 1 aliphatic carbocycles. The fraction of sp³-hybridized carbons (Fsp3) is 0.619. The van der Waals surface area contributed by atoms with E-state index < -0.39 is 6.10 Å². The number of carbonyl (C=O) groups is 1. The number of rotatable bonds is 6. The van der Waals surface area contributed by atoms with E-state index in [1.165, 1.54) is 0 Å². The van der Waals surface area contributed by atoms with Crippen LogP contribution in [0.2, 0.25) is 5.02 Å². The van der Waals surface area contributed by atoms with Crippen LogP contribution in [0, 0.1) is 0 Å². The molecule has 4 rings (SSSR count). The maximum Gasteiger partial charge on any atom is 0.222 e. The van der Waals surface area contributed by atoms with Crippen LogP contribution >= 0.6 is 11.6 Å².